The van der Waals surface area contributed by atoms with Gasteiger partial charge in [-0.2, -0.15) is 4.91 Å². The molecule has 0 radical (unpaired) electrons. The Hall–Kier alpha value is -2.23. The number of hydrogen-bond donors (Lipinski definition) is 0. The van der Waals surface area contributed by atoms with Gasteiger partial charge in [0, 0.05) is 12.2 Å². The van der Waals surface area contributed by atoms with Gasteiger partial charge in [-0.25, -0.2) is 4.98 Å². The highest BCUT2D eigenvalue weighted by Gasteiger charge is 2.19. The van der Waals surface area contributed by atoms with E-state index in [1.54, 1.807) is 0 Å². The van der Waals surface area contributed by atoms with Gasteiger partial charge in [0.05, 0.1) is 5.69 Å². The lowest BCUT2D eigenvalue weighted by molar-refractivity contribution is 0.747. The van der Waals surface area contributed by atoms with E-state index in [1.165, 1.54) is 5.56 Å². The molecule has 96 valence electrons. The van der Waals surface area contributed by atoms with Crippen molar-refractivity contribution >= 4 is 11.5 Å². The van der Waals surface area contributed by atoms with Crippen molar-refractivity contribution < 1.29 is 0 Å². The van der Waals surface area contributed by atoms with E-state index >= 15 is 0 Å². The third kappa shape index (κ3) is 2.34. The zero-order valence-electron chi connectivity index (χ0n) is 10.6. The second kappa shape index (κ2) is 5.18. The SMILES string of the molecule is O=NCc1ccc2c(n1)N(c1ccccc1)CCC2. The first-order valence-electron chi connectivity index (χ1n) is 6.49. The maximum atomic E-state index is 10.4. The molecule has 0 bridgehead atoms. The maximum absolute atomic E-state index is 10.4. The molecular weight excluding hydrogens is 238 g/mol. The minimum Gasteiger partial charge on any atom is -0.326 e. The van der Waals surface area contributed by atoms with Crippen molar-refractivity contribution in [2.24, 2.45) is 5.18 Å². The number of anilines is 2. The summed E-state index contributed by atoms with van der Waals surface area (Å²) in [5.41, 5.74) is 3.12. The Labute approximate surface area is 112 Å². The Morgan fingerprint density at radius 3 is 2.79 bits per heavy atom. The molecule has 4 nitrogen and oxygen atoms in total. The van der Waals surface area contributed by atoms with Crippen LogP contribution in [0.15, 0.2) is 47.6 Å². The highest BCUT2D eigenvalue weighted by Crippen LogP contribution is 2.31. The molecule has 2 aromatic rings. The summed E-state index contributed by atoms with van der Waals surface area (Å²) < 4.78 is 0. The van der Waals surface area contributed by atoms with Gasteiger partial charge in [0.2, 0.25) is 0 Å². The van der Waals surface area contributed by atoms with Gasteiger partial charge in [-0.3, -0.25) is 0 Å². The zero-order valence-corrected chi connectivity index (χ0v) is 10.6. The number of nitroso groups, excluding NO2 is 1. The summed E-state index contributed by atoms with van der Waals surface area (Å²) in [6.45, 7) is 1.10. The van der Waals surface area contributed by atoms with Crippen molar-refractivity contribution in [1.29, 1.82) is 0 Å². The van der Waals surface area contributed by atoms with Gasteiger partial charge in [-0.1, -0.05) is 29.4 Å². The predicted molar refractivity (Wildman–Crippen MR) is 75.5 cm³/mol. The number of benzene rings is 1. The average molecular weight is 253 g/mol. The lowest BCUT2D eigenvalue weighted by Crippen LogP contribution is -2.25. The van der Waals surface area contributed by atoms with Crippen LogP contribution in [0.1, 0.15) is 17.7 Å². The van der Waals surface area contributed by atoms with Crippen LogP contribution in [0.25, 0.3) is 0 Å². The lowest BCUT2D eigenvalue weighted by Gasteiger charge is -2.30. The van der Waals surface area contributed by atoms with Crippen LogP contribution in [0.4, 0.5) is 11.5 Å². The Morgan fingerprint density at radius 2 is 2.00 bits per heavy atom. The first-order valence-corrected chi connectivity index (χ1v) is 6.49. The topological polar surface area (TPSA) is 45.6 Å². The summed E-state index contributed by atoms with van der Waals surface area (Å²) in [5, 5.41) is 2.92. The van der Waals surface area contributed by atoms with Gasteiger partial charge in [0.1, 0.15) is 12.4 Å². The molecule has 19 heavy (non-hydrogen) atoms. The Kier molecular flexibility index (Phi) is 3.23. The van der Waals surface area contributed by atoms with Crippen molar-refractivity contribution in [1.82, 2.24) is 4.98 Å². The number of nitrogens with zero attached hydrogens (tertiary/aromatic N) is 3. The largest absolute Gasteiger partial charge is 0.326 e. The summed E-state index contributed by atoms with van der Waals surface area (Å²) in [7, 11) is 0. The first kappa shape index (κ1) is 11.8. The fraction of sp³-hybridized carbons (Fsp3) is 0.267. The summed E-state index contributed by atoms with van der Waals surface area (Å²) in [4.78, 5) is 17.2. The van der Waals surface area contributed by atoms with E-state index in [9.17, 15) is 4.91 Å². The predicted octanol–water partition coefficient (Wildman–Crippen LogP) is 3.43. The normalized spacial score (nSPS) is 14.0. The molecule has 3 rings (SSSR count). The molecule has 0 aliphatic carbocycles. The van der Waals surface area contributed by atoms with E-state index in [2.05, 4.69) is 33.3 Å². The van der Waals surface area contributed by atoms with Crippen molar-refractivity contribution in [3.63, 3.8) is 0 Å². The maximum Gasteiger partial charge on any atom is 0.136 e. The van der Waals surface area contributed by atoms with Crippen molar-refractivity contribution in [2.75, 3.05) is 11.4 Å². The molecule has 0 atom stereocenters. The minimum absolute atomic E-state index is 0.135. The highest BCUT2D eigenvalue weighted by atomic mass is 16.3. The Bertz CT molecular complexity index is 583. The fourth-order valence-electron chi connectivity index (χ4n) is 2.49. The van der Waals surface area contributed by atoms with Crippen LogP contribution >= 0.6 is 0 Å². The van der Waals surface area contributed by atoms with Crippen LogP contribution in [0.2, 0.25) is 0 Å². The number of aryl methyl sites for hydroxylation is 1. The van der Waals surface area contributed by atoms with Crippen LogP contribution < -0.4 is 4.90 Å². The zero-order chi connectivity index (χ0) is 13.1. The molecule has 1 aromatic carbocycles. The van der Waals surface area contributed by atoms with Crippen LogP contribution in [-0.4, -0.2) is 11.5 Å². The highest BCUT2D eigenvalue weighted by molar-refractivity contribution is 5.64. The van der Waals surface area contributed by atoms with Crippen LogP contribution in [0.5, 0.6) is 0 Å². The Balaban J connectivity index is 2.02. The number of aromatic nitrogens is 1. The molecule has 2 heterocycles. The summed E-state index contributed by atoms with van der Waals surface area (Å²) in [6, 6.07) is 14.2. The molecule has 0 saturated carbocycles. The lowest BCUT2D eigenvalue weighted by atomic mass is 10.0. The van der Waals surface area contributed by atoms with Gasteiger partial charge in [-0.05, 0) is 36.6 Å². The van der Waals surface area contributed by atoms with Crippen LogP contribution in [0.3, 0.4) is 0 Å². The number of rotatable bonds is 3. The number of hydrogen-bond acceptors (Lipinski definition) is 4. The number of para-hydroxylation sites is 1. The minimum atomic E-state index is 0.135. The molecule has 1 aliphatic heterocycles. The van der Waals surface area contributed by atoms with E-state index < -0.39 is 0 Å². The van der Waals surface area contributed by atoms with Gasteiger partial charge in [0.25, 0.3) is 0 Å². The molecule has 4 heteroatoms. The van der Waals surface area contributed by atoms with Crippen LogP contribution in [0, 0.1) is 4.91 Å². The molecule has 0 amide bonds. The molecular formula is C15H15N3O. The second-order valence-corrected chi connectivity index (χ2v) is 4.66. The van der Waals surface area contributed by atoms with E-state index in [1.807, 2.05) is 24.3 Å². The Morgan fingerprint density at radius 1 is 1.16 bits per heavy atom. The second-order valence-electron chi connectivity index (χ2n) is 4.66. The standard InChI is InChI=1S/C15H15N3O/c19-16-11-13-9-8-12-5-4-10-18(15(12)17-13)14-6-2-1-3-7-14/h1-3,6-9H,4-5,10-11H2. The van der Waals surface area contributed by atoms with Gasteiger partial charge in [-0.15, -0.1) is 0 Å². The van der Waals surface area contributed by atoms with Crippen molar-refractivity contribution in [2.45, 2.75) is 19.4 Å². The third-order valence-electron chi connectivity index (χ3n) is 3.39. The van der Waals surface area contributed by atoms with E-state index in [-0.39, 0.29) is 6.54 Å². The molecule has 0 saturated heterocycles. The molecule has 0 N–H and O–H groups in total. The average Bonchev–Trinajstić information content (AvgIpc) is 2.48. The molecule has 0 spiro atoms. The molecule has 1 aliphatic rings. The summed E-state index contributed by atoms with van der Waals surface area (Å²) >= 11 is 0. The van der Waals surface area contributed by atoms with E-state index in [0.717, 1.165) is 36.6 Å². The summed E-state index contributed by atoms with van der Waals surface area (Å²) in [6.07, 6.45) is 2.16. The first-order chi connectivity index (χ1) is 9.38. The molecule has 0 unspecified atom stereocenters. The van der Waals surface area contributed by atoms with Gasteiger partial charge >= 0.3 is 0 Å². The fourth-order valence-corrected chi connectivity index (χ4v) is 2.49. The third-order valence-corrected chi connectivity index (χ3v) is 3.39. The molecule has 1 aromatic heterocycles. The number of pyridine rings is 1. The summed E-state index contributed by atoms with van der Waals surface area (Å²) in [5.74, 6) is 0.971. The molecule has 0 fully saturated rings. The van der Waals surface area contributed by atoms with Crippen LogP contribution in [-0.2, 0) is 13.0 Å². The van der Waals surface area contributed by atoms with Crippen molar-refractivity contribution in [3.8, 4) is 0 Å². The quantitative estimate of drug-likeness (QED) is 0.787. The van der Waals surface area contributed by atoms with E-state index in [4.69, 9.17) is 0 Å². The van der Waals surface area contributed by atoms with E-state index in [0.29, 0.717) is 0 Å². The monoisotopic (exact) mass is 253 g/mol. The number of fused-ring (bicyclic) bond motifs is 1. The smallest absolute Gasteiger partial charge is 0.136 e. The van der Waals surface area contributed by atoms with Gasteiger partial charge in [0.15, 0.2) is 0 Å². The van der Waals surface area contributed by atoms with Gasteiger partial charge < -0.3 is 4.90 Å². The van der Waals surface area contributed by atoms with Crippen molar-refractivity contribution in [3.05, 3.63) is 58.6 Å².